The van der Waals surface area contributed by atoms with Gasteiger partial charge in [0.1, 0.15) is 0 Å². The second-order valence-electron chi connectivity index (χ2n) is 2.30. The van der Waals surface area contributed by atoms with Gasteiger partial charge in [-0.25, -0.2) is 0 Å². The minimum absolute atomic E-state index is 0.458. The highest BCUT2D eigenvalue weighted by molar-refractivity contribution is 8.77. The van der Waals surface area contributed by atoms with Crippen molar-refractivity contribution in [1.82, 2.24) is 0 Å². The summed E-state index contributed by atoms with van der Waals surface area (Å²) >= 11 is 0. The van der Waals surface area contributed by atoms with Crippen molar-refractivity contribution >= 4 is 21.6 Å². The van der Waals surface area contributed by atoms with Gasteiger partial charge in [-0.15, -0.1) is 0 Å². The third kappa shape index (κ3) is 1.57. The maximum atomic E-state index is 5.29. The van der Waals surface area contributed by atoms with Crippen LogP contribution in [0.2, 0.25) is 0 Å². The zero-order valence-corrected chi connectivity index (χ0v) is 7.59. The van der Waals surface area contributed by atoms with E-state index in [0.29, 0.717) is 16.6 Å². The van der Waals surface area contributed by atoms with Crippen LogP contribution in [0.1, 0.15) is 13.8 Å². The molecule has 2 atom stereocenters. The standard InChI is InChI=1S/C6H12OS2/c1-4-6(7-3)5(2)9-8-4/h4-6H,1-3H3. The lowest BCUT2D eigenvalue weighted by atomic mass is 10.2. The molecule has 0 amide bonds. The number of hydrogen-bond acceptors (Lipinski definition) is 3. The van der Waals surface area contributed by atoms with Gasteiger partial charge in [-0.1, -0.05) is 21.6 Å². The molecule has 0 N–H and O–H groups in total. The molecule has 0 aliphatic carbocycles. The van der Waals surface area contributed by atoms with Gasteiger partial charge in [0.2, 0.25) is 0 Å². The molecule has 0 radical (unpaired) electrons. The molecule has 3 heteroatoms. The van der Waals surface area contributed by atoms with E-state index in [-0.39, 0.29) is 0 Å². The lowest BCUT2D eigenvalue weighted by Gasteiger charge is -2.14. The Labute approximate surface area is 64.3 Å². The minimum Gasteiger partial charge on any atom is -0.379 e. The van der Waals surface area contributed by atoms with E-state index in [1.54, 1.807) is 7.11 Å². The fraction of sp³-hybridized carbons (Fsp3) is 1.00. The molecule has 1 rings (SSSR count). The lowest BCUT2D eigenvalue weighted by Crippen LogP contribution is -2.25. The molecule has 1 nitrogen and oxygen atoms in total. The first kappa shape index (κ1) is 7.76. The summed E-state index contributed by atoms with van der Waals surface area (Å²) in [4.78, 5) is 0. The van der Waals surface area contributed by atoms with Gasteiger partial charge in [0.25, 0.3) is 0 Å². The van der Waals surface area contributed by atoms with Crippen molar-refractivity contribution in [2.75, 3.05) is 7.11 Å². The van der Waals surface area contributed by atoms with E-state index < -0.39 is 0 Å². The fourth-order valence-electron chi connectivity index (χ4n) is 1.05. The average molecular weight is 164 g/mol. The first-order valence-corrected chi connectivity index (χ1v) is 5.38. The predicted octanol–water partition coefficient (Wildman–Crippen LogP) is 2.17. The zero-order chi connectivity index (χ0) is 6.85. The Balaban J connectivity index is 2.44. The Morgan fingerprint density at radius 1 is 1.11 bits per heavy atom. The molecule has 9 heavy (non-hydrogen) atoms. The van der Waals surface area contributed by atoms with Crippen LogP contribution in [0.4, 0.5) is 0 Å². The largest absolute Gasteiger partial charge is 0.379 e. The van der Waals surface area contributed by atoms with Gasteiger partial charge in [-0.2, -0.15) is 0 Å². The monoisotopic (exact) mass is 164 g/mol. The highest BCUT2D eigenvalue weighted by atomic mass is 33.1. The van der Waals surface area contributed by atoms with E-state index in [4.69, 9.17) is 4.74 Å². The topological polar surface area (TPSA) is 9.23 Å². The molecule has 2 unspecified atom stereocenters. The fourth-order valence-corrected chi connectivity index (χ4v) is 4.12. The molecule has 1 aliphatic rings. The van der Waals surface area contributed by atoms with Crippen LogP contribution in [0.3, 0.4) is 0 Å². The maximum absolute atomic E-state index is 5.29. The van der Waals surface area contributed by atoms with Crippen molar-refractivity contribution in [3.8, 4) is 0 Å². The summed E-state index contributed by atoms with van der Waals surface area (Å²) in [5, 5.41) is 1.32. The number of rotatable bonds is 1. The van der Waals surface area contributed by atoms with Crippen LogP contribution in [0.15, 0.2) is 0 Å². The van der Waals surface area contributed by atoms with Gasteiger partial charge >= 0.3 is 0 Å². The van der Waals surface area contributed by atoms with Crippen molar-refractivity contribution in [1.29, 1.82) is 0 Å². The Morgan fingerprint density at radius 3 is 1.78 bits per heavy atom. The third-order valence-corrected chi connectivity index (χ3v) is 4.97. The molecule has 0 saturated carbocycles. The summed E-state index contributed by atoms with van der Waals surface area (Å²) in [7, 11) is 5.66. The zero-order valence-electron chi connectivity index (χ0n) is 5.96. The normalized spacial score (nSPS) is 43.7. The number of ether oxygens (including phenoxy) is 1. The molecule has 54 valence electrons. The maximum Gasteiger partial charge on any atom is 0.0819 e. The van der Waals surface area contributed by atoms with E-state index in [1.165, 1.54) is 0 Å². The van der Waals surface area contributed by atoms with Crippen LogP contribution in [-0.2, 0) is 4.74 Å². The van der Waals surface area contributed by atoms with E-state index in [9.17, 15) is 0 Å². The minimum atomic E-state index is 0.458. The van der Waals surface area contributed by atoms with E-state index in [2.05, 4.69) is 13.8 Å². The van der Waals surface area contributed by atoms with Crippen LogP contribution in [0.25, 0.3) is 0 Å². The van der Waals surface area contributed by atoms with Crippen LogP contribution in [-0.4, -0.2) is 23.7 Å². The third-order valence-electron chi connectivity index (χ3n) is 1.56. The molecule has 0 bridgehead atoms. The number of hydrogen-bond donors (Lipinski definition) is 0. The van der Waals surface area contributed by atoms with Crippen LogP contribution >= 0.6 is 21.6 Å². The molecule has 1 heterocycles. The smallest absolute Gasteiger partial charge is 0.0819 e. The van der Waals surface area contributed by atoms with Gasteiger partial charge in [-0.3, -0.25) is 0 Å². The quantitative estimate of drug-likeness (QED) is 0.550. The molecule has 0 aromatic heterocycles. The summed E-state index contributed by atoms with van der Waals surface area (Å²) in [5.74, 6) is 0. The van der Waals surface area contributed by atoms with Gasteiger partial charge in [0.05, 0.1) is 6.10 Å². The van der Waals surface area contributed by atoms with Crippen molar-refractivity contribution in [2.45, 2.75) is 30.5 Å². The van der Waals surface area contributed by atoms with Crippen LogP contribution < -0.4 is 0 Å². The van der Waals surface area contributed by atoms with Crippen molar-refractivity contribution in [2.24, 2.45) is 0 Å². The first-order chi connectivity index (χ1) is 4.25. The van der Waals surface area contributed by atoms with Crippen molar-refractivity contribution in [3.63, 3.8) is 0 Å². The van der Waals surface area contributed by atoms with Crippen LogP contribution in [0.5, 0.6) is 0 Å². The Morgan fingerprint density at radius 2 is 1.56 bits per heavy atom. The second kappa shape index (κ2) is 3.17. The summed E-state index contributed by atoms with van der Waals surface area (Å²) < 4.78 is 5.29. The highest BCUT2D eigenvalue weighted by Crippen LogP contribution is 2.44. The second-order valence-corrected chi connectivity index (χ2v) is 5.33. The predicted molar refractivity (Wildman–Crippen MR) is 44.9 cm³/mol. The van der Waals surface area contributed by atoms with Crippen molar-refractivity contribution < 1.29 is 4.74 Å². The van der Waals surface area contributed by atoms with E-state index in [1.807, 2.05) is 21.6 Å². The Kier molecular flexibility index (Phi) is 2.73. The molecule has 1 aliphatic heterocycles. The summed E-state index contributed by atoms with van der Waals surface area (Å²) in [6.07, 6.45) is 0.458. The first-order valence-electron chi connectivity index (χ1n) is 3.10. The Hall–Kier alpha value is 0.660. The van der Waals surface area contributed by atoms with Gasteiger partial charge in [-0.05, 0) is 13.8 Å². The molecular formula is C6H12OS2. The molecule has 0 aromatic carbocycles. The number of methoxy groups -OCH3 is 1. The van der Waals surface area contributed by atoms with E-state index in [0.717, 1.165) is 0 Å². The molecule has 0 spiro atoms. The molecular weight excluding hydrogens is 152 g/mol. The summed E-state index contributed by atoms with van der Waals surface area (Å²) in [5.41, 5.74) is 0. The van der Waals surface area contributed by atoms with Crippen LogP contribution in [0, 0.1) is 0 Å². The SMILES string of the molecule is COC1C(C)SSC1C. The van der Waals surface area contributed by atoms with Gasteiger partial charge < -0.3 is 4.74 Å². The molecule has 1 saturated heterocycles. The highest BCUT2D eigenvalue weighted by Gasteiger charge is 2.31. The summed E-state index contributed by atoms with van der Waals surface area (Å²) in [6, 6.07) is 0. The summed E-state index contributed by atoms with van der Waals surface area (Å²) in [6.45, 7) is 4.44. The van der Waals surface area contributed by atoms with Crippen molar-refractivity contribution in [3.05, 3.63) is 0 Å². The lowest BCUT2D eigenvalue weighted by molar-refractivity contribution is 0.108. The molecule has 1 fully saturated rings. The average Bonchev–Trinajstić information content (AvgIpc) is 2.12. The van der Waals surface area contributed by atoms with E-state index >= 15 is 0 Å². The van der Waals surface area contributed by atoms with Gasteiger partial charge in [0.15, 0.2) is 0 Å². The molecule has 0 aromatic rings. The Bertz CT molecular complexity index is 87.1. The van der Waals surface area contributed by atoms with Gasteiger partial charge in [0, 0.05) is 17.6 Å².